The standard InChI is InChI=1S/C9H10BrClN2O/c10-8-4-3-7(6-12-8)13-9(14)2-1-5-11/h3-4,6H,1-2,5H2,(H,13,14). The Bertz CT molecular complexity index is 302. The number of aromatic nitrogens is 1. The minimum atomic E-state index is -0.0326. The third-order valence-corrected chi connectivity index (χ3v) is 2.28. The highest BCUT2D eigenvalue weighted by atomic mass is 79.9. The maximum Gasteiger partial charge on any atom is 0.224 e. The Hall–Kier alpha value is -0.610. The lowest BCUT2D eigenvalue weighted by atomic mass is 10.3. The van der Waals surface area contributed by atoms with Gasteiger partial charge in [0.2, 0.25) is 5.91 Å². The first-order valence-corrected chi connectivity index (χ1v) is 5.52. The van der Waals surface area contributed by atoms with E-state index in [1.165, 1.54) is 0 Å². The number of alkyl halides is 1. The molecule has 0 aromatic carbocycles. The molecule has 0 radical (unpaired) electrons. The number of carbonyl (C=O) groups excluding carboxylic acids is 1. The van der Waals surface area contributed by atoms with Crippen molar-refractivity contribution in [2.45, 2.75) is 12.8 Å². The summed E-state index contributed by atoms with van der Waals surface area (Å²) in [6.07, 6.45) is 2.74. The first kappa shape index (κ1) is 11.5. The second-order valence-electron chi connectivity index (χ2n) is 2.71. The Balaban J connectivity index is 2.44. The Labute approximate surface area is 96.0 Å². The summed E-state index contributed by atoms with van der Waals surface area (Å²) < 4.78 is 0.747. The minimum Gasteiger partial charge on any atom is -0.325 e. The average molecular weight is 278 g/mol. The number of anilines is 1. The number of carbonyl (C=O) groups is 1. The summed E-state index contributed by atoms with van der Waals surface area (Å²) in [5, 5.41) is 2.72. The lowest BCUT2D eigenvalue weighted by molar-refractivity contribution is -0.116. The van der Waals surface area contributed by atoms with Gasteiger partial charge in [-0.05, 0) is 34.5 Å². The van der Waals surface area contributed by atoms with E-state index in [2.05, 4.69) is 26.2 Å². The van der Waals surface area contributed by atoms with Crippen molar-refractivity contribution in [3.05, 3.63) is 22.9 Å². The molecule has 0 fully saturated rings. The number of amides is 1. The van der Waals surface area contributed by atoms with Crippen LogP contribution in [0.15, 0.2) is 22.9 Å². The normalized spacial score (nSPS) is 9.86. The quantitative estimate of drug-likeness (QED) is 0.679. The molecule has 1 N–H and O–H groups in total. The second-order valence-corrected chi connectivity index (χ2v) is 3.90. The van der Waals surface area contributed by atoms with E-state index in [1.807, 2.05) is 0 Å². The number of rotatable bonds is 4. The Morgan fingerprint density at radius 2 is 2.36 bits per heavy atom. The van der Waals surface area contributed by atoms with Gasteiger partial charge in [-0.2, -0.15) is 0 Å². The van der Waals surface area contributed by atoms with Crippen LogP contribution in [0.2, 0.25) is 0 Å². The smallest absolute Gasteiger partial charge is 0.224 e. The van der Waals surface area contributed by atoms with Crippen molar-refractivity contribution in [2.75, 3.05) is 11.2 Å². The molecular weight excluding hydrogens is 267 g/mol. The molecule has 14 heavy (non-hydrogen) atoms. The highest BCUT2D eigenvalue weighted by Gasteiger charge is 2.01. The van der Waals surface area contributed by atoms with Gasteiger partial charge in [-0.25, -0.2) is 4.98 Å². The number of nitrogens with zero attached hydrogens (tertiary/aromatic N) is 1. The molecule has 5 heteroatoms. The third kappa shape index (κ3) is 4.07. The van der Waals surface area contributed by atoms with Crippen molar-refractivity contribution in [2.24, 2.45) is 0 Å². The molecule has 76 valence electrons. The van der Waals surface area contributed by atoms with Gasteiger partial charge >= 0.3 is 0 Å². The van der Waals surface area contributed by atoms with Gasteiger partial charge in [0.1, 0.15) is 4.60 Å². The van der Waals surface area contributed by atoms with Crippen LogP contribution in [0.5, 0.6) is 0 Å². The summed E-state index contributed by atoms with van der Waals surface area (Å²) in [5.74, 6) is 0.473. The van der Waals surface area contributed by atoms with Crippen molar-refractivity contribution in [1.29, 1.82) is 0 Å². The summed E-state index contributed by atoms with van der Waals surface area (Å²) in [7, 11) is 0. The first-order chi connectivity index (χ1) is 6.72. The molecule has 0 saturated carbocycles. The third-order valence-electron chi connectivity index (χ3n) is 1.55. The zero-order chi connectivity index (χ0) is 10.4. The van der Waals surface area contributed by atoms with E-state index >= 15 is 0 Å². The van der Waals surface area contributed by atoms with Gasteiger partial charge < -0.3 is 5.32 Å². The Kier molecular flexibility index (Phi) is 4.90. The van der Waals surface area contributed by atoms with Crippen molar-refractivity contribution >= 4 is 39.1 Å². The molecule has 0 aliphatic carbocycles. The molecule has 1 aromatic rings. The molecule has 0 saturated heterocycles. The van der Waals surface area contributed by atoms with Crippen molar-refractivity contribution in [1.82, 2.24) is 4.98 Å². The second kappa shape index (κ2) is 5.98. The van der Waals surface area contributed by atoms with Crippen LogP contribution in [0, 0.1) is 0 Å². The molecule has 0 unspecified atom stereocenters. The van der Waals surface area contributed by atoms with Crippen LogP contribution in [0.4, 0.5) is 5.69 Å². The number of hydrogen-bond donors (Lipinski definition) is 1. The number of nitrogens with one attached hydrogen (secondary N) is 1. The minimum absolute atomic E-state index is 0.0326. The van der Waals surface area contributed by atoms with E-state index in [9.17, 15) is 4.79 Å². The number of pyridine rings is 1. The van der Waals surface area contributed by atoms with Gasteiger partial charge in [-0.1, -0.05) is 0 Å². The largest absolute Gasteiger partial charge is 0.325 e. The van der Waals surface area contributed by atoms with Gasteiger partial charge in [-0.3, -0.25) is 4.79 Å². The SMILES string of the molecule is O=C(CCCCl)Nc1ccc(Br)nc1. The molecule has 1 heterocycles. The number of hydrogen-bond acceptors (Lipinski definition) is 2. The number of halogens is 2. The molecule has 0 aliphatic heterocycles. The van der Waals surface area contributed by atoms with Gasteiger partial charge in [0.15, 0.2) is 0 Å². The lowest BCUT2D eigenvalue weighted by Gasteiger charge is -2.03. The van der Waals surface area contributed by atoms with E-state index in [0.29, 0.717) is 24.4 Å². The van der Waals surface area contributed by atoms with Crippen LogP contribution < -0.4 is 5.32 Å². The fraction of sp³-hybridized carbons (Fsp3) is 0.333. The Morgan fingerprint density at radius 1 is 1.57 bits per heavy atom. The van der Waals surface area contributed by atoms with E-state index < -0.39 is 0 Å². The molecule has 0 spiro atoms. The fourth-order valence-corrected chi connectivity index (χ4v) is 1.27. The van der Waals surface area contributed by atoms with Gasteiger partial charge in [0, 0.05) is 12.3 Å². The molecule has 0 bridgehead atoms. The summed E-state index contributed by atoms with van der Waals surface area (Å²) in [4.78, 5) is 15.2. The van der Waals surface area contributed by atoms with Crippen LogP contribution in [0.3, 0.4) is 0 Å². The van der Waals surface area contributed by atoms with E-state index in [4.69, 9.17) is 11.6 Å². The predicted octanol–water partition coefficient (Wildman–Crippen LogP) is 2.80. The molecule has 1 rings (SSSR count). The van der Waals surface area contributed by atoms with Crippen LogP contribution in [0.1, 0.15) is 12.8 Å². The fourth-order valence-electron chi connectivity index (χ4n) is 0.901. The monoisotopic (exact) mass is 276 g/mol. The van der Waals surface area contributed by atoms with Crippen LogP contribution in [-0.4, -0.2) is 16.8 Å². The molecule has 0 aliphatic rings. The first-order valence-electron chi connectivity index (χ1n) is 4.20. The maximum atomic E-state index is 11.2. The van der Waals surface area contributed by atoms with Gasteiger partial charge in [0.25, 0.3) is 0 Å². The molecular formula is C9H10BrClN2O. The molecule has 1 aromatic heterocycles. The zero-order valence-electron chi connectivity index (χ0n) is 7.46. The van der Waals surface area contributed by atoms with E-state index in [-0.39, 0.29) is 5.91 Å². The van der Waals surface area contributed by atoms with Crippen LogP contribution >= 0.6 is 27.5 Å². The molecule has 1 amide bonds. The van der Waals surface area contributed by atoms with E-state index in [0.717, 1.165) is 4.60 Å². The average Bonchev–Trinajstić information content (AvgIpc) is 2.18. The van der Waals surface area contributed by atoms with Crippen LogP contribution in [0.25, 0.3) is 0 Å². The van der Waals surface area contributed by atoms with Crippen molar-refractivity contribution in [3.63, 3.8) is 0 Å². The van der Waals surface area contributed by atoms with Gasteiger partial charge in [0.05, 0.1) is 11.9 Å². The molecule has 3 nitrogen and oxygen atoms in total. The van der Waals surface area contributed by atoms with Gasteiger partial charge in [-0.15, -0.1) is 11.6 Å². The highest BCUT2D eigenvalue weighted by Crippen LogP contribution is 2.10. The summed E-state index contributed by atoms with van der Waals surface area (Å²) in [6.45, 7) is 0. The topological polar surface area (TPSA) is 42.0 Å². The lowest BCUT2D eigenvalue weighted by Crippen LogP contribution is -2.11. The Morgan fingerprint density at radius 3 is 2.93 bits per heavy atom. The zero-order valence-corrected chi connectivity index (χ0v) is 9.81. The van der Waals surface area contributed by atoms with Crippen LogP contribution in [-0.2, 0) is 4.79 Å². The molecule has 0 atom stereocenters. The highest BCUT2D eigenvalue weighted by molar-refractivity contribution is 9.10. The predicted molar refractivity (Wildman–Crippen MR) is 60.5 cm³/mol. The maximum absolute atomic E-state index is 11.2. The summed E-state index contributed by atoms with van der Waals surface area (Å²) in [5.41, 5.74) is 0.702. The van der Waals surface area contributed by atoms with Crippen molar-refractivity contribution in [3.8, 4) is 0 Å². The summed E-state index contributed by atoms with van der Waals surface area (Å²) in [6, 6.07) is 3.56. The van der Waals surface area contributed by atoms with E-state index in [1.54, 1.807) is 18.3 Å². The van der Waals surface area contributed by atoms with Crippen molar-refractivity contribution < 1.29 is 4.79 Å². The summed E-state index contributed by atoms with van der Waals surface area (Å²) >= 11 is 8.68.